The third-order valence-corrected chi connectivity index (χ3v) is 2.80. The van der Waals surface area contributed by atoms with Crippen LogP contribution in [0.2, 0.25) is 10.3 Å². The van der Waals surface area contributed by atoms with Crippen molar-refractivity contribution >= 4 is 40.8 Å². The van der Waals surface area contributed by atoms with Crippen LogP contribution >= 0.6 is 23.2 Å². The molecule has 106 valence electrons. The third-order valence-electron chi connectivity index (χ3n) is 2.34. The van der Waals surface area contributed by atoms with Gasteiger partial charge < -0.3 is 10.6 Å². The summed E-state index contributed by atoms with van der Waals surface area (Å²) in [4.78, 5) is 11.9. The monoisotopic (exact) mass is 315 g/mol. The van der Waals surface area contributed by atoms with E-state index in [4.69, 9.17) is 23.2 Å². The normalized spacial score (nSPS) is 10.4. The molecule has 0 fully saturated rings. The van der Waals surface area contributed by atoms with Gasteiger partial charge in [0.1, 0.15) is 0 Å². The molecule has 2 rings (SSSR count). The van der Waals surface area contributed by atoms with E-state index in [0.717, 1.165) is 6.42 Å². The Kier molecular flexibility index (Phi) is 4.92. The minimum atomic E-state index is -0.575. The van der Waals surface area contributed by atoms with Crippen LogP contribution in [0.5, 0.6) is 0 Å². The van der Waals surface area contributed by atoms with Crippen molar-refractivity contribution in [1.29, 1.82) is 0 Å². The van der Waals surface area contributed by atoms with E-state index < -0.39 is 5.82 Å². The maximum absolute atomic E-state index is 13.8. The lowest BCUT2D eigenvalue weighted by Gasteiger charge is -2.09. The van der Waals surface area contributed by atoms with Gasteiger partial charge in [-0.3, -0.25) is 0 Å². The van der Waals surface area contributed by atoms with Crippen LogP contribution in [0.3, 0.4) is 0 Å². The van der Waals surface area contributed by atoms with E-state index >= 15 is 0 Å². The fourth-order valence-corrected chi connectivity index (χ4v) is 1.78. The molecule has 5 nitrogen and oxygen atoms in total. The van der Waals surface area contributed by atoms with E-state index in [0.29, 0.717) is 12.5 Å². The van der Waals surface area contributed by atoms with Crippen LogP contribution in [0.15, 0.2) is 18.2 Å². The van der Waals surface area contributed by atoms with Crippen molar-refractivity contribution in [1.82, 2.24) is 15.0 Å². The summed E-state index contributed by atoms with van der Waals surface area (Å²) in [7, 11) is 0. The molecule has 0 aliphatic rings. The molecule has 2 N–H and O–H groups in total. The van der Waals surface area contributed by atoms with E-state index in [1.54, 1.807) is 6.07 Å². The predicted octanol–water partition coefficient (Wildman–Crippen LogP) is 3.88. The quantitative estimate of drug-likeness (QED) is 0.876. The summed E-state index contributed by atoms with van der Waals surface area (Å²) in [6.07, 6.45) is 0.912. The number of halogens is 3. The molecule has 0 saturated heterocycles. The average molecular weight is 316 g/mol. The van der Waals surface area contributed by atoms with Gasteiger partial charge in [-0.1, -0.05) is 24.6 Å². The van der Waals surface area contributed by atoms with Crippen LogP contribution in [0.25, 0.3) is 0 Å². The number of nitrogens with zero attached hydrogens (tertiary/aromatic N) is 3. The van der Waals surface area contributed by atoms with Gasteiger partial charge in [-0.05, 0) is 30.2 Å². The Morgan fingerprint density at radius 3 is 2.65 bits per heavy atom. The Morgan fingerprint density at radius 2 is 1.90 bits per heavy atom. The molecular weight excluding hydrogens is 304 g/mol. The Hall–Kier alpha value is -1.66. The fourth-order valence-electron chi connectivity index (χ4n) is 1.44. The number of rotatable bonds is 5. The lowest BCUT2D eigenvalue weighted by Crippen LogP contribution is -2.08. The number of anilines is 3. The molecule has 0 radical (unpaired) electrons. The van der Waals surface area contributed by atoms with Crippen LogP contribution in [0.1, 0.15) is 13.3 Å². The van der Waals surface area contributed by atoms with E-state index in [-0.39, 0.29) is 21.9 Å². The smallest absolute Gasteiger partial charge is 0.233 e. The molecule has 2 aromatic rings. The summed E-state index contributed by atoms with van der Waals surface area (Å²) in [6.45, 7) is 2.71. The summed E-state index contributed by atoms with van der Waals surface area (Å²) in [5.41, 5.74) is 0.168. The van der Waals surface area contributed by atoms with Gasteiger partial charge >= 0.3 is 0 Å². The van der Waals surface area contributed by atoms with Crippen molar-refractivity contribution in [2.45, 2.75) is 13.3 Å². The average Bonchev–Trinajstić information content (AvgIpc) is 2.41. The molecule has 0 aliphatic carbocycles. The van der Waals surface area contributed by atoms with Crippen LogP contribution in [-0.2, 0) is 0 Å². The Morgan fingerprint density at radius 1 is 1.15 bits per heavy atom. The topological polar surface area (TPSA) is 62.7 Å². The van der Waals surface area contributed by atoms with Gasteiger partial charge in [0.25, 0.3) is 0 Å². The van der Waals surface area contributed by atoms with Crippen molar-refractivity contribution in [3.63, 3.8) is 0 Å². The van der Waals surface area contributed by atoms with Gasteiger partial charge in [0, 0.05) is 6.54 Å². The molecule has 0 bridgehead atoms. The minimum Gasteiger partial charge on any atom is -0.354 e. The van der Waals surface area contributed by atoms with Crippen LogP contribution < -0.4 is 10.6 Å². The van der Waals surface area contributed by atoms with Crippen molar-refractivity contribution in [2.75, 3.05) is 17.2 Å². The number of aromatic nitrogens is 3. The molecule has 0 unspecified atom stereocenters. The molecule has 0 spiro atoms. The lowest BCUT2D eigenvalue weighted by molar-refractivity contribution is 0.632. The molecule has 8 heteroatoms. The van der Waals surface area contributed by atoms with E-state index in [1.165, 1.54) is 12.1 Å². The van der Waals surface area contributed by atoms with Gasteiger partial charge in [-0.25, -0.2) is 4.39 Å². The highest BCUT2D eigenvalue weighted by Crippen LogP contribution is 2.24. The zero-order valence-electron chi connectivity index (χ0n) is 10.6. The first-order valence-electron chi connectivity index (χ1n) is 5.96. The summed E-state index contributed by atoms with van der Waals surface area (Å²) >= 11 is 11.5. The highest BCUT2D eigenvalue weighted by molar-refractivity contribution is 6.31. The molecule has 0 aliphatic heterocycles. The second-order valence-electron chi connectivity index (χ2n) is 3.90. The number of hydrogen-bond acceptors (Lipinski definition) is 5. The highest BCUT2D eigenvalue weighted by atomic mass is 35.5. The number of hydrogen-bond donors (Lipinski definition) is 2. The Bertz CT molecular complexity index is 608. The molecule has 0 amide bonds. The Balaban J connectivity index is 2.24. The van der Waals surface area contributed by atoms with Crippen LogP contribution in [-0.4, -0.2) is 21.5 Å². The Labute approximate surface area is 125 Å². The highest BCUT2D eigenvalue weighted by Gasteiger charge is 2.09. The molecular formula is C12H12Cl2FN5. The molecule has 20 heavy (non-hydrogen) atoms. The number of nitrogens with one attached hydrogen (secondary N) is 2. The lowest BCUT2D eigenvalue weighted by atomic mass is 10.3. The second kappa shape index (κ2) is 6.67. The van der Waals surface area contributed by atoms with Gasteiger partial charge in [-0.15, -0.1) is 0 Å². The molecule has 1 aromatic heterocycles. The number of benzene rings is 1. The van der Waals surface area contributed by atoms with E-state index in [9.17, 15) is 4.39 Å². The molecule has 1 aromatic carbocycles. The van der Waals surface area contributed by atoms with Crippen molar-refractivity contribution in [2.24, 2.45) is 0 Å². The van der Waals surface area contributed by atoms with Gasteiger partial charge in [0.15, 0.2) is 5.82 Å². The summed E-state index contributed by atoms with van der Waals surface area (Å²) in [5.74, 6) is -0.102. The van der Waals surface area contributed by atoms with Crippen molar-refractivity contribution in [3.05, 3.63) is 34.3 Å². The summed E-state index contributed by atoms with van der Waals surface area (Å²) in [6, 6.07) is 4.60. The molecule has 0 saturated carbocycles. The van der Waals surface area contributed by atoms with Crippen molar-refractivity contribution < 1.29 is 4.39 Å². The largest absolute Gasteiger partial charge is 0.354 e. The zero-order valence-corrected chi connectivity index (χ0v) is 12.1. The van der Waals surface area contributed by atoms with Gasteiger partial charge in [0.2, 0.25) is 17.2 Å². The first-order chi connectivity index (χ1) is 9.60. The van der Waals surface area contributed by atoms with Crippen LogP contribution in [0.4, 0.5) is 22.0 Å². The first-order valence-corrected chi connectivity index (χ1v) is 6.72. The third kappa shape index (κ3) is 3.68. The van der Waals surface area contributed by atoms with E-state index in [1.807, 2.05) is 6.92 Å². The maximum Gasteiger partial charge on any atom is 0.233 e. The minimum absolute atomic E-state index is 0.0134. The SMILES string of the molecule is CCCNc1nc(Cl)nc(Nc2cccc(Cl)c2F)n1. The van der Waals surface area contributed by atoms with Crippen LogP contribution in [0, 0.1) is 5.82 Å². The molecule has 1 heterocycles. The van der Waals surface area contributed by atoms with Gasteiger partial charge in [0.05, 0.1) is 10.7 Å². The predicted molar refractivity (Wildman–Crippen MR) is 78.3 cm³/mol. The zero-order chi connectivity index (χ0) is 14.5. The standard InChI is InChI=1S/C12H12Cl2FN5/c1-2-6-16-11-18-10(14)19-12(20-11)17-8-5-3-4-7(13)9(8)15/h3-5H,2,6H2,1H3,(H2,16,17,18,19,20). The second-order valence-corrected chi connectivity index (χ2v) is 4.65. The maximum atomic E-state index is 13.8. The summed E-state index contributed by atoms with van der Waals surface area (Å²) < 4.78 is 13.8. The fraction of sp³-hybridized carbons (Fsp3) is 0.250. The van der Waals surface area contributed by atoms with Gasteiger partial charge in [-0.2, -0.15) is 15.0 Å². The first kappa shape index (κ1) is 14.7. The van der Waals surface area contributed by atoms with Crippen molar-refractivity contribution in [3.8, 4) is 0 Å². The summed E-state index contributed by atoms with van der Waals surface area (Å²) in [5, 5.41) is 5.74. The molecule has 0 atom stereocenters. The van der Waals surface area contributed by atoms with E-state index in [2.05, 4.69) is 25.6 Å².